The van der Waals surface area contributed by atoms with Crippen LogP contribution in [0.25, 0.3) is 11.1 Å². The number of rotatable bonds is 6. The number of carbonyl (C=O) groups excluding carboxylic acids is 1. The van der Waals surface area contributed by atoms with E-state index >= 15 is 0 Å². The van der Waals surface area contributed by atoms with Crippen LogP contribution >= 0.6 is 11.6 Å². The van der Waals surface area contributed by atoms with Crippen molar-refractivity contribution in [3.63, 3.8) is 0 Å². The molecule has 7 nitrogen and oxygen atoms in total. The van der Waals surface area contributed by atoms with Gasteiger partial charge in [-0.05, 0) is 55.3 Å². The van der Waals surface area contributed by atoms with Gasteiger partial charge in [-0.3, -0.25) is 4.79 Å². The highest BCUT2D eigenvalue weighted by Gasteiger charge is 2.28. The highest BCUT2D eigenvalue weighted by Crippen LogP contribution is 2.31. The predicted molar refractivity (Wildman–Crippen MR) is 117 cm³/mol. The van der Waals surface area contributed by atoms with Crippen molar-refractivity contribution in [1.82, 2.24) is 9.88 Å². The number of oxazole rings is 1. The number of likely N-dealkylation sites (tertiary alicyclic amines) is 1. The van der Waals surface area contributed by atoms with Crippen molar-refractivity contribution in [2.75, 3.05) is 32.6 Å². The van der Waals surface area contributed by atoms with Crippen LogP contribution in [-0.4, -0.2) is 56.8 Å². The van der Waals surface area contributed by atoms with Gasteiger partial charge in [0, 0.05) is 36.7 Å². The standard InChI is InChI=1S/C22H23ClN2O5S/c1-29-12-13-31(27,28)18-5-2-16(3-6-18)22(26)25-10-8-15(9-11-25)21-24-19-14-17(23)4-7-20(19)30-21/h2-7,14-15H,8-13H2,1H3. The van der Waals surface area contributed by atoms with Gasteiger partial charge < -0.3 is 14.1 Å². The van der Waals surface area contributed by atoms with E-state index in [0.29, 0.717) is 35.1 Å². The molecule has 0 bridgehead atoms. The number of halogens is 1. The van der Waals surface area contributed by atoms with E-state index in [1.807, 2.05) is 6.07 Å². The smallest absolute Gasteiger partial charge is 0.253 e. The summed E-state index contributed by atoms with van der Waals surface area (Å²) in [6.45, 7) is 1.29. The van der Waals surface area contributed by atoms with Gasteiger partial charge in [-0.2, -0.15) is 0 Å². The maximum Gasteiger partial charge on any atom is 0.253 e. The summed E-state index contributed by atoms with van der Waals surface area (Å²) in [6, 6.07) is 11.5. The molecule has 0 aliphatic carbocycles. The van der Waals surface area contributed by atoms with Crippen molar-refractivity contribution < 1.29 is 22.4 Å². The number of nitrogens with zero attached hydrogens (tertiary/aromatic N) is 2. The Balaban J connectivity index is 1.39. The molecule has 31 heavy (non-hydrogen) atoms. The second-order valence-electron chi connectivity index (χ2n) is 7.57. The van der Waals surface area contributed by atoms with Gasteiger partial charge in [0.1, 0.15) is 5.52 Å². The molecule has 3 aromatic rings. The summed E-state index contributed by atoms with van der Waals surface area (Å²) in [4.78, 5) is 19.4. The molecule has 2 heterocycles. The number of hydrogen-bond acceptors (Lipinski definition) is 6. The van der Waals surface area contributed by atoms with Gasteiger partial charge >= 0.3 is 0 Å². The van der Waals surface area contributed by atoms with Crippen LogP contribution in [0.4, 0.5) is 0 Å². The molecule has 1 aliphatic rings. The van der Waals surface area contributed by atoms with Crippen LogP contribution < -0.4 is 0 Å². The minimum Gasteiger partial charge on any atom is -0.440 e. The summed E-state index contributed by atoms with van der Waals surface area (Å²) in [5.74, 6) is 0.619. The van der Waals surface area contributed by atoms with Crippen molar-refractivity contribution in [2.45, 2.75) is 23.7 Å². The Morgan fingerprint density at radius 1 is 1.19 bits per heavy atom. The largest absolute Gasteiger partial charge is 0.440 e. The summed E-state index contributed by atoms with van der Waals surface area (Å²) in [6.07, 6.45) is 1.49. The maximum atomic E-state index is 12.9. The van der Waals surface area contributed by atoms with Gasteiger partial charge in [-0.25, -0.2) is 13.4 Å². The summed E-state index contributed by atoms with van der Waals surface area (Å²) >= 11 is 6.02. The number of hydrogen-bond donors (Lipinski definition) is 0. The molecule has 4 rings (SSSR count). The molecular formula is C22H23ClN2O5S. The van der Waals surface area contributed by atoms with Gasteiger partial charge in [0.05, 0.1) is 17.3 Å². The van der Waals surface area contributed by atoms with Crippen molar-refractivity contribution in [3.8, 4) is 0 Å². The third-order valence-corrected chi connectivity index (χ3v) is 7.44. The number of carbonyl (C=O) groups is 1. The molecule has 1 amide bonds. The van der Waals surface area contributed by atoms with E-state index < -0.39 is 9.84 Å². The number of aromatic nitrogens is 1. The van der Waals surface area contributed by atoms with Crippen molar-refractivity contribution >= 4 is 38.4 Å². The molecule has 1 aliphatic heterocycles. The maximum absolute atomic E-state index is 12.9. The Hall–Kier alpha value is -2.42. The lowest BCUT2D eigenvalue weighted by atomic mass is 9.96. The molecule has 1 fully saturated rings. The van der Waals surface area contributed by atoms with Gasteiger partial charge in [0.2, 0.25) is 0 Å². The predicted octanol–water partition coefficient (Wildman–Crippen LogP) is 3.92. The number of fused-ring (bicyclic) bond motifs is 1. The Bertz CT molecular complexity index is 1180. The lowest BCUT2D eigenvalue weighted by Gasteiger charge is -2.30. The molecule has 0 spiro atoms. The van der Waals surface area contributed by atoms with Gasteiger partial charge in [0.25, 0.3) is 5.91 Å². The van der Waals surface area contributed by atoms with Crippen molar-refractivity contribution in [3.05, 3.63) is 58.9 Å². The monoisotopic (exact) mass is 462 g/mol. The molecule has 1 saturated heterocycles. The highest BCUT2D eigenvalue weighted by molar-refractivity contribution is 7.91. The molecule has 164 valence electrons. The summed E-state index contributed by atoms with van der Waals surface area (Å²) in [7, 11) is -1.96. The van der Waals surface area contributed by atoms with E-state index in [4.69, 9.17) is 20.8 Å². The zero-order valence-corrected chi connectivity index (χ0v) is 18.7. The van der Waals surface area contributed by atoms with Crippen LogP contribution in [-0.2, 0) is 14.6 Å². The lowest BCUT2D eigenvalue weighted by molar-refractivity contribution is 0.0706. The fourth-order valence-corrected chi connectivity index (χ4v) is 5.06. The van der Waals surface area contributed by atoms with Gasteiger partial charge in [-0.1, -0.05) is 11.6 Å². The first-order chi connectivity index (χ1) is 14.9. The number of sulfone groups is 1. The average molecular weight is 463 g/mol. The van der Waals surface area contributed by atoms with Crippen LogP contribution in [0.5, 0.6) is 0 Å². The van der Waals surface area contributed by atoms with Gasteiger partial charge in [0.15, 0.2) is 21.3 Å². The number of piperidine rings is 1. The van der Waals surface area contributed by atoms with Crippen LogP contribution in [0.3, 0.4) is 0 Å². The first-order valence-corrected chi connectivity index (χ1v) is 12.1. The van der Waals surface area contributed by atoms with Crippen molar-refractivity contribution in [2.24, 2.45) is 0 Å². The van der Waals surface area contributed by atoms with Crippen molar-refractivity contribution in [1.29, 1.82) is 0 Å². The number of methoxy groups -OCH3 is 1. The Morgan fingerprint density at radius 3 is 2.58 bits per heavy atom. The zero-order valence-electron chi connectivity index (χ0n) is 17.1. The van der Waals surface area contributed by atoms with Crippen LogP contribution in [0, 0.1) is 0 Å². The first kappa shape index (κ1) is 21.8. The SMILES string of the molecule is COCCS(=O)(=O)c1ccc(C(=O)N2CCC(c3nc4cc(Cl)ccc4o3)CC2)cc1. The van der Waals surface area contributed by atoms with E-state index in [1.165, 1.54) is 19.2 Å². The fraction of sp³-hybridized carbons (Fsp3) is 0.364. The molecular weight excluding hydrogens is 440 g/mol. The van der Waals surface area contributed by atoms with Crippen LogP contribution in [0.15, 0.2) is 51.8 Å². The Kier molecular flexibility index (Phi) is 6.31. The summed E-state index contributed by atoms with van der Waals surface area (Å²) in [5.41, 5.74) is 1.92. The van der Waals surface area contributed by atoms with Crippen LogP contribution in [0.1, 0.15) is 35.0 Å². The molecule has 0 saturated carbocycles. The van der Waals surface area contributed by atoms with Gasteiger partial charge in [-0.15, -0.1) is 0 Å². The lowest BCUT2D eigenvalue weighted by Crippen LogP contribution is -2.38. The minimum atomic E-state index is -3.42. The Labute approximate surface area is 185 Å². The molecule has 9 heteroatoms. The molecule has 1 aromatic heterocycles. The number of ether oxygens (including phenoxy) is 1. The molecule has 0 unspecified atom stereocenters. The van der Waals surface area contributed by atoms with E-state index in [-0.39, 0.29) is 29.1 Å². The van der Waals surface area contributed by atoms with E-state index in [2.05, 4.69) is 4.98 Å². The Morgan fingerprint density at radius 2 is 1.90 bits per heavy atom. The highest BCUT2D eigenvalue weighted by atomic mass is 35.5. The minimum absolute atomic E-state index is 0.0909. The topological polar surface area (TPSA) is 89.7 Å². The number of amides is 1. The number of benzene rings is 2. The average Bonchev–Trinajstić information content (AvgIpc) is 3.20. The third kappa shape index (κ3) is 4.76. The van der Waals surface area contributed by atoms with E-state index in [1.54, 1.807) is 29.2 Å². The third-order valence-electron chi connectivity index (χ3n) is 5.51. The zero-order chi connectivity index (χ0) is 22.0. The molecule has 0 radical (unpaired) electrons. The molecule has 2 aromatic carbocycles. The normalized spacial score (nSPS) is 15.5. The second-order valence-corrected chi connectivity index (χ2v) is 10.1. The fourth-order valence-electron chi connectivity index (χ4n) is 3.72. The summed E-state index contributed by atoms with van der Waals surface area (Å²) in [5, 5.41) is 0.616. The molecule has 0 N–H and O–H groups in total. The first-order valence-electron chi connectivity index (χ1n) is 10.0. The summed E-state index contributed by atoms with van der Waals surface area (Å²) < 4.78 is 35.2. The van der Waals surface area contributed by atoms with Crippen LogP contribution in [0.2, 0.25) is 5.02 Å². The van der Waals surface area contributed by atoms with E-state index in [9.17, 15) is 13.2 Å². The quantitative estimate of drug-likeness (QED) is 0.551. The van der Waals surface area contributed by atoms with E-state index in [0.717, 1.165) is 18.4 Å². The molecule has 0 atom stereocenters. The second kappa shape index (κ2) is 8.98.